The fourth-order valence-electron chi connectivity index (χ4n) is 3.92. The fraction of sp³-hybridized carbons (Fsp3) is 0.500. The average Bonchev–Trinajstić information content (AvgIpc) is 2.86. The molecule has 21 heavy (non-hydrogen) atoms. The topological polar surface area (TPSA) is 37.3 Å². The van der Waals surface area contributed by atoms with Crippen molar-refractivity contribution in [1.82, 2.24) is 0 Å². The normalized spacial score (nSPS) is 24.2. The number of phenolic OH excluding ortho intramolecular Hbond substituents is 1. The third-order valence-electron chi connectivity index (χ3n) is 5.08. The highest BCUT2D eigenvalue weighted by molar-refractivity contribution is 6.33. The van der Waals surface area contributed by atoms with Crippen LogP contribution >= 0.6 is 11.6 Å². The summed E-state index contributed by atoms with van der Waals surface area (Å²) in [5.41, 5.74) is 4.18. The number of hydrogen-bond acceptors (Lipinski definition) is 2. The van der Waals surface area contributed by atoms with Gasteiger partial charge >= 0.3 is 0 Å². The van der Waals surface area contributed by atoms with Gasteiger partial charge in [-0.1, -0.05) is 37.4 Å². The highest BCUT2D eigenvalue weighted by atomic mass is 35.5. The minimum Gasteiger partial charge on any atom is -0.506 e. The van der Waals surface area contributed by atoms with Crippen LogP contribution in [0.15, 0.2) is 17.7 Å². The smallest absolute Gasteiger partial charge is 0.159 e. The van der Waals surface area contributed by atoms with Gasteiger partial charge in [-0.2, -0.15) is 0 Å². The van der Waals surface area contributed by atoms with Gasteiger partial charge in [0.2, 0.25) is 0 Å². The van der Waals surface area contributed by atoms with Crippen molar-refractivity contribution in [2.45, 2.75) is 46.0 Å². The first-order valence-electron chi connectivity index (χ1n) is 7.79. The molecule has 0 spiro atoms. The first kappa shape index (κ1) is 14.6. The number of phenols is 1. The first-order valence-corrected chi connectivity index (χ1v) is 8.17. The summed E-state index contributed by atoms with van der Waals surface area (Å²) < 4.78 is 0. The van der Waals surface area contributed by atoms with E-state index in [0.717, 1.165) is 42.4 Å². The Labute approximate surface area is 130 Å². The van der Waals surface area contributed by atoms with Gasteiger partial charge in [0.05, 0.1) is 5.02 Å². The molecule has 3 heteroatoms. The molecule has 0 bridgehead atoms. The molecule has 112 valence electrons. The second-order valence-electron chi connectivity index (χ2n) is 6.30. The summed E-state index contributed by atoms with van der Waals surface area (Å²) in [6.07, 6.45) is 4.94. The maximum atomic E-state index is 12.3. The van der Waals surface area contributed by atoms with Gasteiger partial charge in [-0.3, -0.25) is 4.79 Å². The summed E-state index contributed by atoms with van der Waals surface area (Å²) in [4.78, 5) is 12.3. The van der Waals surface area contributed by atoms with Crippen molar-refractivity contribution in [2.24, 2.45) is 11.8 Å². The number of allylic oxidation sites excluding steroid dienone is 2. The molecule has 0 aliphatic heterocycles. The molecule has 0 saturated heterocycles. The van der Waals surface area contributed by atoms with Crippen LogP contribution in [0, 0.1) is 11.8 Å². The SMILES string of the molecule is CCCCC1CC(=O)C(C)=C2c3ccc(O)c(Cl)c3CC21. The Morgan fingerprint density at radius 1 is 1.33 bits per heavy atom. The number of carbonyl (C=O) groups excluding carboxylic acids is 1. The number of benzene rings is 1. The summed E-state index contributed by atoms with van der Waals surface area (Å²) in [6, 6.07) is 3.56. The quantitative estimate of drug-likeness (QED) is 0.873. The number of Topliss-reactive ketones (excluding diaryl/α,β-unsaturated/α-hetero) is 1. The lowest BCUT2D eigenvalue weighted by Crippen LogP contribution is -2.25. The molecule has 0 heterocycles. The van der Waals surface area contributed by atoms with Crippen molar-refractivity contribution < 1.29 is 9.90 Å². The van der Waals surface area contributed by atoms with Gasteiger partial charge < -0.3 is 5.11 Å². The molecule has 2 aliphatic carbocycles. The molecule has 0 amide bonds. The van der Waals surface area contributed by atoms with Crippen molar-refractivity contribution in [3.63, 3.8) is 0 Å². The lowest BCUT2D eigenvalue weighted by atomic mass is 9.73. The zero-order valence-electron chi connectivity index (χ0n) is 12.6. The zero-order valence-corrected chi connectivity index (χ0v) is 13.3. The molecule has 1 N–H and O–H groups in total. The highest BCUT2D eigenvalue weighted by Crippen LogP contribution is 2.51. The highest BCUT2D eigenvalue weighted by Gasteiger charge is 2.40. The second kappa shape index (κ2) is 5.49. The van der Waals surface area contributed by atoms with Crippen LogP contribution in [0.25, 0.3) is 5.57 Å². The van der Waals surface area contributed by atoms with Crippen LogP contribution in [0.3, 0.4) is 0 Å². The van der Waals surface area contributed by atoms with Gasteiger partial charge in [-0.15, -0.1) is 0 Å². The molecule has 0 aromatic heterocycles. The number of unbranched alkanes of at least 4 members (excludes halogenated alkanes) is 1. The van der Waals surface area contributed by atoms with Crippen LogP contribution in [0.4, 0.5) is 0 Å². The average molecular weight is 305 g/mol. The van der Waals surface area contributed by atoms with Crippen molar-refractivity contribution in [2.75, 3.05) is 0 Å². The molecular formula is C18H21ClO2. The van der Waals surface area contributed by atoms with Crippen LogP contribution < -0.4 is 0 Å². The van der Waals surface area contributed by atoms with E-state index < -0.39 is 0 Å². The lowest BCUT2D eigenvalue weighted by Gasteiger charge is -2.30. The van der Waals surface area contributed by atoms with Gasteiger partial charge in [0.15, 0.2) is 5.78 Å². The number of ketones is 1. The maximum absolute atomic E-state index is 12.3. The van der Waals surface area contributed by atoms with Crippen LogP contribution in [0.2, 0.25) is 5.02 Å². The van der Waals surface area contributed by atoms with Crippen molar-refractivity contribution in [3.05, 3.63) is 33.9 Å². The Hall–Kier alpha value is -1.28. The Morgan fingerprint density at radius 2 is 2.10 bits per heavy atom. The molecule has 0 saturated carbocycles. The van der Waals surface area contributed by atoms with E-state index in [2.05, 4.69) is 6.92 Å². The Bertz CT molecular complexity index is 630. The largest absolute Gasteiger partial charge is 0.506 e. The van der Waals surface area contributed by atoms with E-state index in [4.69, 9.17) is 11.6 Å². The van der Waals surface area contributed by atoms with E-state index in [9.17, 15) is 9.90 Å². The van der Waals surface area contributed by atoms with Gasteiger partial charge in [-0.25, -0.2) is 0 Å². The van der Waals surface area contributed by atoms with E-state index in [1.54, 1.807) is 6.07 Å². The number of carbonyl (C=O) groups is 1. The predicted molar refractivity (Wildman–Crippen MR) is 85.5 cm³/mol. The summed E-state index contributed by atoms with van der Waals surface area (Å²) in [5, 5.41) is 10.3. The number of hydrogen-bond donors (Lipinski definition) is 1. The Kier molecular flexibility index (Phi) is 3.83. The first-order chi connectivity index (χ1) is 10.0. The molecule has 1 aromatic carbocycles. The molecule has 2 aliphatic rings. The molecule has 3 rings (SSSR count). The lowest BCUT2D eigenvalue weighted by molar-refractivity contribution is -0.117. The van der Waals surface area contributed by atoms with Crippen LogP contribution in [0.1, 0.15) is 50.7 Å². The predicted octanol–water partition coefficient (Wildman–Crippen LogP) is 4.77. The Balaban J connectivity index is 2.07. The summed E-state index contributed by atoms with van der Waals surface area (Å²) in [6.45, 7) is 4.13. The fourth-order valence-corrected chi connectivity index (χ4v) is 4.16. The minimum atomic E-state index is 0.142. The standard InChI is InChI=1S/C18H21ClO2/c1-3-4-5-11-8-16(21)10(2)17-12-6-7-15(20)18(19)14(12)9-13(11)17/h6-7,11,13,20H,3-5,8-9H2,1-2H3. The maximum Gasteiger partial charge on any atom is 0.159 e. The monoisotopic (exact) mass is 304 g/mol. The van der Waals surface area contributed by atoms with Crippen LogP contribution in [-0.2, 0) is 11.2 Å². The second-order valence-corrected chi connectivity index (χ2v) is 6.68. The van der Waals surface area contributed by atoms with Crippen LogP contribution in [-0.4, -0.2) is 10.9 Å². The molecule has 0 radical (unpaired) electrons. The zero-order chi connectivity index (χ0) is 15.1. The summed E-state index contributed by atoms with van der Waals surface area (Å²) in [7, 11) is 0. The number of halogens is 1. The van der Waals surface area contributed by atoms with E-state index >= 15 is 0 Å². The van der Waals surface area contributed by atoms with Crippen molar-refractivity contribution in [3.8, 4) is 5.75 Å². The van der Waals surface area contributed by atoms with E-state index in [1.807, 2.05) is 13.0 Å². The molecule has 2 atom stereocenters. The van der Waals surface area contributed by atoms with Gasteiger partial charge in [-0.05, 0) is 59.9 Å². The summed E-state index contributed by atoms with van der Waals surface area (Å²) >= 11 is 6.28. The molecular weight excluding hydrogens is 284 g/mol. The summed E-state index contributed by atoms with van der Waals surface area (Å²) in [5.74, 6) is 1.23. The van der Waals surface area contributed by atoms with Crippen LogP contribution in [0.5, 0.6) is 5.75 Å². The molecule has 2 unspecified atom stereocenters. The minimum absolute atomic E-state index is 0.142. The number of rotatable bonds is 3. The third-order valence-corrected chi connectivity index (χ3v) is 5.50. The van der Waals surface area contributed by atoms with Crippen molar-refractivity contribution in [1.29, 1.82) is 0 Å². The molecule has 2 nitrogen and oxygen atoms in total. The van der Waals surface area contributed by atoms with Crippen molar-refractivity contribution >= 4 is 23.0 Å². The Morgan fingerprint density at radius 3 is 2.81 bits per heavy atom. The molecule has 1 aromatic rings. The van der Waals surface area contributed by atoms with Gasteiger partial charge in [0.1, 0.15) is 5.75 Å². The third kappa shape index (κ3) is 2.30. The molecule has 0 fully saturated rings. The number of aromatic hydroxyl groups is 1. The number of fused-ring (bicyclic) bond motifs is 3. The van der Waals surface area contributed by atoms with E-state index in [0.29, 0.717) is 23.3 Å². The van der Waals surface area contributed by atoms with Gasteiger partial charge in [0, 0.05) is 6.42 Å². The van der Waals surface area contributed by atoms with E-state index in [-0.39, 0.29) is 11.5 Å². The van der Waals surface area contributed by atoms with Gasteiger partial charge in [0.25, 0.3) is 0 Å². The van der Waals surface area contributed by atoms with E-state index in [1.165, 1.54) is 5.57 Å².